The predicted molar refractivity (Wildman–Crippen MR) is 111 cm³/mol. The fraction of sp³-hybridized carbons (Fsp3) is 0.273. The van der Waals surface area contributed by atoms with Crippen LogP contribution in [0.4, 0.5) is 0 Å². The van der Waals surface area contributed by atoms with Crippen LogP contribution in [0.2, 0.25) is 0 Å². The molecule has 2 heterocycles. The molecular weight excluding hydrogens is 350 g/mol. The number of para-hydroxylation sites is 1. The largest absolute Gasteiger partial charge is 0.376 e. The second-order valence-corrected chi connectivity index (χ2v) is 6.87. The van der Waals surface area contributed by atoms with Gasteiger partial charge in [0, 0.05) is 30.5 Å². The summed E-state index contributed by atoms with van der Waals surface area (Å²) in [7, 11) is 0. The Morgan fingerprint density at radius 2 is 1.89 bits per heavy atom. The van der Waals surface area contributed by atoms with E-state index >= 15 is 0 Å². The lowest BCUT2D eigenvalue weighted by Gasteiger charge is -2.11. The lowest BCUT2D eigenvalue weighted by atomic mass is 10.1. The van der Waals surface area contributed by atoms with Crippen LogP contribution >= 0.6 is 0 Å². The number of aliphatic imine (C=N–C) groups is 1. The minimum Gasteiger partial charge on any atom is -0.376 e. The van der Waals surface area contributed by atoms with Gasteiger partial charge in [0.25, 0.3) is 0 Å². The SMILES string of the molecule is NC(=NCc1cn(-c2ccccc2)nc1-c1ccccc1)NC[C@@H]1CCCO1. The lowest BCUT2D eigenvalue weighted by Crippen LogP contribution is -2.37. The fourth-order valence-electron chi connectivity index (χ4n) is 3.33. The van der Waals surface area contributed by atoms with E-state index in [2.05, 4.69) is 22.4 Å². The van der Waals surface area contributed by atoms with Gasteiger partial charge in [0.15, 0.2) is 5.96 Å². The summed E-state index contributed by atoms with van der Waals surface area (Å²) in [6, 6.07) is 20.2. The van der Waals surface area contributed by atoms with Crippen molar-refractivity contribution in [2.24, 2.45) is 10.7 Å². The average Bonchev–Trinajstić information content (AvgIpc) is 3.42. The van der Waals surface area contributed by atoms with Crippen LogP contribution in [0.25, 0.3) is 16.9 Å². The highest BCUT2D eigenvalue weighted by molar-refractivity contribution is 5.78. The zero-order chi connectivity index (χ0) is 19.2. The van der Waals surface area contributed by atoms with Gasteiger partial charge < -0.3 is 15.8 Å². The molecule has 6 heteroatoms. The first-order chi connectivity index (χ1) is 13.8. The highest BCUT2D eigenvalue weighted by atomic mass is 16.5. The number of guanidine groups is 1. The van der Waals surface area contributed by atoms with Crippen LogP contribution < -0.4 is 11.1 Å². The quantitative estimate of drug-likeness (QED) is 0.513. The van der Waals surface area contributed by atoms with Crippen molar-refractivity contribution >= 4 is 5.96 Å². The van der Waals surface area contributed by atoms with Gasteiger partial charge >= 0.3 is 0 Å². The molecule has 1 aliphatic rings. The number of nitrogens with one attached hydrogen (secondary N) is 1. The summed E-state index contributed by atoms with van der Waals surface area (Å²) in [4.78, 5) is 4.52. The molecule has 0 unspecified atom stereocenters. The van der Waals surface area contributed by atoms with Gasteiger partial charge in [0.1, 0.15) is 0 Å². The molecule has 4 rings (SSSR count). The summed E-state index contributed by atoms with van der Waals surface area (Å²) in [5.41, 5.74) is 10.1. The van der Waals surface area contributed by atoms with Crippen LogP contribution in [-0.4, -0.2) is 35.0 Å². The van der Waals surface area contributed by atoms with Gasteiger partial charge in [-0.15, -0.1) is 0 Å². The van der Waals surface area contributed by atoms with Gasteiger partial charge in [-0.05, 0) is 25.0 Å². The Labute approximate surface area is 165 Å². The van der Waals surface area contributed by atoms with Gasteiger partial charge in [-0.2, -0.15) is 5.10 Å². The number of nitrogens with zero attached hydrogens (tertiary/aromatic N) is 3. The molecule has 1 aliphatic heterocycles. The first kappa shape index (κ1) is 18.3. The number of nitrogens with two attached hydrogens (primary N) is 1. The molecule has 28 heavy (non-hydrogen) atoms. The number of benzene rings is 2. The Balaban J connectivity index is 1.54. The smallest absolute Gasteiger partial charge is 0.189 e. The number of aromatic nitrogens is 2. The van der Waals surface area contributed by atoms with Gasteiger partial charge in [0.05, 0.1) is 24.0 Å². The first-order valence-electron chi connectivity index (χ1n) is 9.64. The number of rotatable bonds is 6. The van der Waals surface area contributed by atoms with Gasteiger partial charge in [-0.25, -0.2) is 9.67 Å². The van der Waals surface area contributed by atoms with E-state index in [0.29, 0.717) is 19.0 Å². The van der Waals surface area contributed by atoms with Crippen LogP contribution in [-0.2, 0) is 11.3 Å². The molecule has 0 saturated carbocycles. The van der Waals surface area contributed by atoms with Crippen molar-refractivity contribution in [3.8, 4) is 16.9 Å². The Kier molecular flexibility index (Phi) is 5.68. The molecule has 0 bridgehead atoms. The Morgan fingerprint density at radius 3 is 2.61 bits per heavy atom. The van der Waals surface area contributed by atoms with Crippen LogP contribution in [0.15, 0.2) is 71.9 Å². The molecule has 2 aromatic carbocycles. The van der Waals surface area contributed by atoms with Gasteiger partial charge in [-0.3, -0.25) is 0 Å². The van der Waals surface area contributed by atoms with E-state index in [1.165, 1.54) is 0 Å². The first-order valence-corrected chi connectivity index (χ1v) is 9.64. The molecule has 1 aromatic heterocycles. The molecule has 1 atom stereocenters. The summed E-state index contributed by atoms with van der Waals surface area (Å²) in [6.45, 7) is 1.99. The lowest BCUT2D eigenvalue weighted by molar-refractivity contribution is 0.114. The zero-order valence-electron chi connectivity index (χ0n) is 15.8. The summed E-state index contributed by atoms with van der Waals surface area (Å²) in [5.74, 6) is 0.432. The summed E-state index contributed by atoms with van der Waals surface area (Å²) in [6.07, 6.45) is 4.44. The van der Waals surface area contributed by atoms with Crippen molar-refractivity contribution in [2.75, 3.05) is 13.2 Å². The van der Waals surface area contributed by atoms with E-state index in [0.717, 1.165) is 42.0 Å². The average molecular weight is 375 g/mol. The van der Waals surface area contributed by atoms with Crippen LogP contribution in [0, 0.1) is 0 Å². The molecule has 1 saturated heterocycles. The Bertz CT molecular complexity index is 915. The second-order valence-electron chi connectivity index (χ2n) is 6.87. The number of hydrogen-bond donors (Lipinski definition) is 2. The highest BCUT2D eigenvalue weighted by Gasteiger charge is 2.15. The Morgan fingerprint density at radius 1 is 1.14 bits per heavy atom. The molecule has 0 amide bonds. The third-order valence-electron chi connectivity index (χ3n) is 4.81. The van der Waals surface area contributed by atoms with Gasteiger partial charge in [-0.1, -0.05) is 48.5 Å². The maximum atomic E-state index is 6.06. The summed E-state index contributed by atoms with van der Waals surface area (Å²) in [5, 5.41) is 7.97. The molecule has 0 aliphatic carbocycles. The standard InChI is InChI=1S/C22H25N5O/c23-22(25-15-20-12-7-13-28-20)24-14-18-16-27(19-10-5-2-6-11-19)26-21(18)17-8-3-1-4-9-17/h1-6,8-11,16,20H,7,12-15H2,(H3,23,24,25)/t20-/m0/s1. The van der Waals surface area contributed by atoms with Gasteiger partial charge in [0.2, 0.25) is 0 Å². The van der Waals surface area contributed by atoms with Crippen molar-refractivity contribution in [2.45, 2.75) is 25.5 Å². The molecule has 0 spiro atoms. The van der Waals surface area contributed by atoms with Crippen LogP contribution in [0.5, 0.6) is 0 Å². The van der Waals surface area contributed by atoms with E-state index in [1.807, 2.05) is 59.4 Å². The molecule has 144 valence electrons. The van der Waals surface area contributed by atoms with Crippen molar-refractivity contribution in [3.63, 3.8) is 0 Å². The topological polar surface area (TPSA) is 77.5 Å². The van der Waals surface area contributed by atoms with Crippen LogP contribution in [0.1, 0.15) is 18.4 Å². The van der Waals surface area contributed by atoms with E-state index in [4.69, 9.17) is 15.6 Å². The molecule has 3 N–H and O–H groups in total. The van der Waals surface area contributed by atoms with Crippen LogP contribution in [0.3, 0.4) is 0 Å². The van der Waals surface area contributed by atoms with E-state index in [-0.39, 0.29) is 6.10 Å². The van der Waals surface area contributed by atoms with Crippen molar-refractivity contribution < 1.29 is 4.74 Å². The van der Waals surface area contributed by atoms with Crippen molar-refractivity contribution in [1.82, 2.24) is 15.1 Å². The van der Waals surface area contributed by atoms with E-state index < -0.39 is 0 Å². The summed E-state index contributed by atoms with van der Waals surface area (Å²) >= 11 is 0. The molecule has 1 fully saturated rings. The van der Waals surface area contributed by atoms with Crippen molar-refractivity contribution in [1.29, 1.82) is 0 Å². The molecule has 6 nitrogen and oxygen atoms in total. The maximum Gasteiger partial charge on any atom is 0.189 e. The number of ether oxygens (including phenoxy) is 1. The molecule has 3 aromatic rings. The zero-order valence-corrected chi connectivity index (χ0v) is 15.8. The second kappa shape index (κ2) is 8.71. The minimum atomic E-state index is 0.231. The van der Waals surface area contributed by atoms with E-state index in [1.54, 1.807) is 0 Å². The highest BCUT2D eigenvalue weighted by Crippen LogP contribution is 2.24. The minimum absolute atomic E-state index is 0.231. The predicted octanol–water partition coefficient (Wildman–Crippen LogP) is 3.12. The third-order valence-corrected chi connectivity index (χ3v) is 4.81. The summed E-state index contributed by atoms with van der Waals surface area (Å²) < 4.78 is 7.50. The monoisotopic (exact) mass is 375 g/mol. The molecule has 0 radical (unpaired) electrons. The maximum absolute atomic E-state index is 6.06. The third kappa shape index (κ3) is 4.40. The number of hydrogen-bond acceptors (Lipinski definition) is 3. The normalized spacial score (nSPS) is 17.0. The fourth-order valence-corrected chi connectivity index (χ4v) is 3.33. The van der Waals surface area contributed by atoms with E-state index in [9.17, 15) is 0 Å². The Hall–Kier alpha value is -3.12. The molecular formula is C22H25N5O. The van der Waals surface area contributed by atoms with Crippen molar-refractivity contribution in [3.05, 3.63) is 72.4 Å².